The first kappa shape index (κ1) is 16.3. The molecule has 0 amide bonds. The minimum absolute atomic E-state index is 0.237. The lowest BCUT2D eigenvalue weighted by molar-refractivity contribution is -0.159. The molecule has 0 bridgehead atoms. The normalized spacial score (nSPS) is 18.1. The lowest BCUT2D eigenvalue weighted by Crippen LogP contribution is -2.45. The van der Waals surface area contributed by atoms with Crippen LogP contribution >= 0.6 is 0 Å². The maximum Gasteiger partial charge on any atom is 0.401 e. The molecule has 1 saturated carbocycles. The van der Waals surface area contributed by atoms with E-state index in [1.54, 1.807) is 0 Å². The van der Waals surface area contributed by atoms with Crippen molar-refractivity contribution in [1.82, 2.24) is 4.90 Å². The van der Waals surface area contributed by atoms with E-state index >= 15 is 0 Å². The van der Waals surface area contributed by atoms with Crippen molar-refractivity contribution in [3.05, 3.63) is 0 Å². The summed E-state index contributed by atoms with van der Waals surface area (Å²) in [4.78, 5) is 11.9. The summed E-state index contributed by atoms with van der Waals surface area (Å²) in [5, 5.41) is 8.80. The molecular formula is C13H22F3NO2. The van der Waals surface area contributed by atoms with Crippen molar-refractivity contribution in [3.8, 4) is 0 Å². The fraction of sp³-hybridized carbons (Fsp3) is 0.923. The number of alkyl halides is 3. The summed E-state index contributed by atoms with van der Waals surface area (Å²) in [7, 11) is 0. The van der Waals surface area contributed by atoms with E-state index in [-0.39, 0.29) is 12.0 Å². The Morgan fingerprint density at radius 1 is 1.32 bits per heavy atom. The second-order valence-electron chi connectivity index (χ2n) is 5.79. The first-order valence-corrected chi connectivity index (χ1v) is 6.71. The van der Waals surface area contributed by atoms with Gasteiger partial charge in [-0.2, -0.15) is 13.2 Å². The average Bonchev–Trinajstić information content (AvgIpc) is 2.97. The van der Waals surface area contributed by atoms with Crippen LogP contribution in [0.2, 0.25) is 0 Å². The van der Waals surface area contributed by atoms with Gasteiger partial charge in [-0.05, 0) is 37.5 Å². The van der Waals surface area contributed by atoms with Gasteiger partial charge in [0.1, 0.15) is 0 Å². The first-order chi connectivity index (χ1) is 8.69. The van der Waals surface area contributed by atoms with E-state index in [0.717, 1.165) is 24.2 Å². The van der Waals surface area contributed by atoms with Crippen LogP contribution < -0.4 is 0 Å². The van der Waals surface area contributed by atoms with Crippen molar-refractivity contribution < 1.29 is 23.1 Å². The summed E-state index contributed by atoms with van der Waals surface area (Å²) < 4.78 is 37.7. The topological polar surface area (TPSA) is 40.5 Å². The van der Waals surface area contributed by atoms with Gasteiger partial charge in [-0.3, -0.25) is 9.69 Å². The Morgan fingerprint density at radius 2 is 1.89 bits per heavy atom. The minimum atomic E-state index is -4.35. The highest BCUT2D eigenvalue weighted by Crippen LogP contribution is 2.38. The van der Waals surface area contributed by atoms with Crippen molar-refractivity contribution in [1.29, 1.82) is 0 Å². The van der Waals surface area contributed by atoms with E-state index in [9.17, 15) is 18.0 Å². The van der Waals surface area contributed by atoms with Gasteiger partial charge in [0.25, 0.3) is 0 Å². The van der Waals surface area contributed by atoms with E-state index in [1.165, 1.54) is 0 Å². The molecule has 0 aliphatic heterocycles. The number of hydrogen-bond donors (Lipinski definition) is 1. The Bertz CT molecular complexity index is 301. The molecule has 0 spiro atoms. The van der Waals surface area contributed by atoms with Gasteiger partial charge in [0.15, 0.2) is 0 Å². The molecule has 0 heterocycles. The molecule has 1 rings (SSSR count). The molecule has 0 aromatic carbocycles. The lowest BCUT2D eigenvalue weighted by Gasteiger charge is -2.31. The number of carboxylic acid groups (broad SMARTS) is 1. The summed E-state index contributed by atoms with van der Waals surface area (Å²) in [6, 6.07) is -0.250. The monoisotopic (exact) mass is 281 g/mol. The SMILES string of the molecule is CC(C)CCC(C1CC1)N(CC(=O)O)CC(F)(F)F. The Labute approximate surface area is 111 Å². The molecule has 19 heavy (non-hydrogen) atoms. The van der Waals surface area contributed by atoms with Crippen LogP contribution in [-0.4, -0.2) is 41.3 Å². The van der Waals surface area contributed by atoms with E-state index < -0.39 is 25.2 Å². The molecule has 0 radical (unpaired) electrons. The molecule has 0 aromatic heterocycles. The Morgan fingerprint density at radius 3 is 2.26 bits per heavy atom. The molecule has 0 aromatic rings. The van der Waals surface area contributed by atoms with E-state index in [2.05, 4.69) is 0 Å². The van der Waals surface area contributed by atoms with Crippen LogP contribution in [0.15, 0.2) is 0 Å². The molecule has 1 fully saturated rings. The molecule has 112 valence electrons. The van der Waals surface area contributed by atoms with Gasteiger partial charge >= 0.3 is 12.1 Å². The summed E-state index contributed by atoms with van der Waals surface area (Å²) in [6.45, 7) is 2.39. The molecule has 1 aliphatic rings. The van der Waals surface area contributed by atoms with Gasteiger partial charge in [-0.1, -0.05) is 13.8 Å². The van der Waals surface area contributed by atoms with Crippen molar-refractivity contribution in [2.75, 3.05) is 13.1 Å². The number of carbonyl (C=O) groups is 1. The maximum absolute atomic E-state index is 12.6. The summed E-state index contributed by atoms with van der Waals surface area (Å²) >= 11 is 0. The number of aliphatic carboxylic acids is 1. The average molecular weight is 281 g/mol. The number of hydrogen-bond acceptors (Lipinski definition) is 2. The van der Waals surface area contributed by atoms with Crippen molar-refractivity contribution in [3.63, 3.8) is 0 Å². The molecule has 6 heteroatoms. The van der Waals surface area contributed by atoms with Crippen LogP contribution in [0.3, 0.4) is 0 Å². The second kappa shape index (κ2) is 6.59. The van der Waals surface area contributed by atoms with Crippen LogP contribution in [0.25, 0.3) is 0 Å². The predicted molar refractivity (Wildman–Crippen MR) is 65.8 cm³/mol. The summed E-state index contributed by atoms with van der Waals surface area (Å²) in [6.07, 6.45) is -1.05. The van der Waals surface area contributed by atoms with Gasteiger partial charge in [-0.25, -0.2) is 0 Å². The minimum Gasteiger partial charge on any atom is -0.480 e. The van der Waals surface area contributed by atoms with Crippen LogP contribution in [-0.2, 0) is 4.79 Å². The third-order valence-corrected chi connectivity index (χ3v) is 3.40. The lowest BCUT2D eigenvalue weighted by atomic mass is 9.98. The van der Waals surface area contributed by atoms with Crippen LogP contribution in [0.1, 0.15) is 39.5 Å². The van der Waals surface area contributed by atoms with E-state index in [4.69, 9.17) is 5.11 Å². The Hall–Kier alpha value is -0.780. The highest BCUT2D eigenvalue weighted by molar-refractivity contribution is 5.69. The molecular weight excluding hydrogens is 259 g/mol. The van der Waals surface area contributed by atoms with Crippen LogP contribution in [0, 0.1) is 11.8 Å². The molecule has 1 unspecified atom stereocenters. The summed E-state index contributed by atoms with van der Waals surface area (Å²) in [5.41, 5.74) is 0. The third kappa shape index (κ3) is 6.80. The number of carboxylic acids is 1. The van der Waals surface area contributed by atoms with Gasteiger partial charge in [0, 0.05) is 6.04 Å². The quantitative estimate of drug-likeness (QED) is 0.743. The zero-order chi connectivity index (χ0) is 14.6. The molecule has 1 N–H and O–H groups in total. The first-order valence-electron chi connectivity index (χ1n) is 6.71. The molecule has 3 nitrogen and oxygen atoms in total. The highest BCUT2D eigenvalue weighted by Gasteiger charge is 2.40. The zero-order valence-electron chi connectivity index (χ0n) is 11.4. The molecule has 1 atom stereocenters. The standard InChI is InChI=1S/C13H22F3NO2/c1-9(2)3-6-11(10-4-5-10)17(7-12(18)19)8-13(14,15)16/h9-11H,3-8H2,1-2H3,(H,18,19). The van der Waals surface area contributed by atoms with Gasteiger partial charge in [0.05, 0.1) is 13.1 Å². The largest absolute Gasteiger partial charge is 0.480 e. The molecule has 1 aliphatic carbocycles. The third-order valence-electron chi connectivity index (χ3n) is 3.40. The van der Waals surface area contributed by atoms with Gasteiger partial charge < -0.3 is 5.11 Å². The van der Waals surface area contributed by atoms with E-state index in [0.29, 0.717) is 12.3 Å². The maximum atomic E-state index is 12.6. The summed E-state index contributed by atoms with van der Waals surface area (Å²) in [5.74, 6) is -0.543. The van der Waals surface area contributed by atoms with E-state index in [1.807, 2.05) is 13.8 Å². The van der Waals surface area contributed by atoms with Crippen LogP contribution in [0.4, 0.5) is 13.2 Å². The fourth-order valence-electron chi connectivity index (χ4n) is 2.40. The number of nitrogens with zero attached hydrogens (tertiary/aromatic N) is 1. The number of halogens is 3. The smallest absolute Gasteiger partial charge is 0.401 e. The van der Waals surface area contributed by atoms with Gasteiger partial charge in [-0.15, -0.1) is 0 Å². The van der Waals surface area contributed by atoms with Crippen LogP contribution in [0.5, 0.6) is 0 Å². The number of rotatable bonds is 8. The van der Waals surface area contributed by atoms with Crippen molar-refractivity contribution in [2.45, 2.75) is 51.7 Å². The second-order valence-corrected chi connectivity index (χ2v) is 5.79. The predicted octanol–water partition coefficient (Wildman–Crippen LogP) is 3.15. The van der Waals surface area contributed by atoms with Gasteiger partial charge in [0.2, 0.25) is 0 Å². The Balaban J connectivity index is 2.68. The Kier molecular flexibility index (Phi) is 5.64. The van der Waals surface area contributed by atoms with Crippen molar-refractivity contribution in [2.24, 2.45) is 11.8 Å². The fourth-order valence-corrected chi connectivity index (χ4v) is 2.40. The van der Waals surface area contributed by atoms with Crippen molar-refractivity contribution >= 4 is 5.97 Å². The highest BCUT2D eigenvalue weighted by atomic mass is 19.4. The molecule has 0 saturated heterocycles. The zero-order valence-corrected chi connectivity index (χ0v) is 11.4.